The van der Waals surface area contributed by atoms with Crippen molar-refractivity contribution < 1.29 is 9.13 Å². The van der Waals surface area contributed by atoms with Crippen molar-refractivity contribution in [1.82, 2.24) is 4.98 Å². The molecular formula is C14H15FN2O. The van der Waals surface area contributed by atoms with E-state index in [0.29, 0.717) is 18.0 Å². The third-order valence-corrected chi connectivity index (χ3v) is 2.78. The highest BCUT2D eigenvalue weighted by Gasteiger charge is 2.08. The van der Waals surface area contributed by atoms with Gasteiger partial charge in [-0.25, -0.2) is 9.37 Å². The van der Waals surface area contributed by atoms with Crippen molar-refractivity contribution in [2.45, 2.75) is 20.1 Å². The Bertz CT molecular complexity index is 543. The van der Waals surface area contributed by atoms with E-state index in [9.17, 15) is 4.39 Å². The van der Waals surface area contributed by atoms with Crippen LogP contribution in [0, 0.1) is 12.7 Å². The van der Waals surface area contributed by atoms with E-state index in [1.165, 1.54) is 6.07 Å². The number of pyridine rings is 1. The van der Waals surface area contributed by atoms with E-state index in [0.717, 1.165) is 11.1 Å². The number of aromatic nitrogens is 1. The van der Waals surface area contributed by atoms with Gasteiger partial charge in [0.05, 0.1) is 0 Å². The molecule has 0 radical (unpaired) electrons. The first kappa shape index (κ1) is 12.5. The number of nitrogens with two attached hydrogens (primary N) is 1. The molecule has 2 aromatic rings. The van der Waals surface area contributed by atoms with Crippen LogP contribution in [0.2, 0.25) is 0 Å². The molecule has 3 nitrogen and oxygen atoms in total. The van der Waals surface area contributed by atoms with Crippen molar-refractivity contribution in [3.63, 3.8) is 0 Å². The molecular weight excluding hydrogens is 231 g/mol. The van der Waals surface area contributed by atoms with E-state index in [4.69, 9.17) is 10.5 Å². The monoisotopic (exact) mass is 246 g/mol. The van der Waals surface area contributed by atoms with Gasteiger partial charge in [-0.05, 0) is 24.6 Å². The fourth-order valence-corrected chi connectivity index (χ4v) is 1.70. The number of ether oxygens (including phenoxy) is 1. The topological polar surface area (TPSA) is 48.1 Å². The molecule has 94 valence electrons. The predicted molar refractivity (Wildman–Crippen MR) is 67.6 cm³/mol. The molecule has 0 saturated heterocycles. The Balaban J connectivity index is 2.16. The van der Waals surface area contributed by atoms with Gasteiger partial charge in [-0.2, -0.15) is 0 Å². The SMILES string of the molecule is Cc1ccnc(OCc2ccccc2F)c1CN. The molecule has 0 aliphatic carbocycles. The lowest BCUT2D eigenvalue weighted by Gasteiger charge is -2.11. The van der Waals surface area contributed by atoms with Crippen LogP contribution in [-0.2, 0) is 13.2 Å². The molecule has 0 bridgehead atoms. The maximum Gasteiger partial charge on any atom is 0.218 e. The smallest absolute Gasteiger partial charge is 0.218 e. The maximum atomic E-state index is 13.4. The van der Waals surface area contributed by atoms with E-state index in [-0.39, 0.29) is 12.4 Å². The summed E-state index contributed by atoms with van der Waals surface area (Å²) in [6.07, 6.45) is 1.66. The predicted octanol–water partition coefficient (Wildman–Crippen LogP) is 2.57. The standard InChI is InChI=1S/C14H15FN2O/c1-10-6-7-17-14(12(10)8-16)18-9-11-4-2-3-5-13(11)15/h2-7H,8-9,16H2,1H3. The minimum atomic E-state index is -0.278. The lowest BCUT2D eigenvalue weighted by atomic mass is 10.1. The van der Waals surface area contributed by atoms with E-state index >= 15 is 0 Å². The molecule has 1 heterocycles. The molecule has 0 fully saturated rings. The zero-order chi connectivity index (χ0) is 13.0. The van der Waals surface area contributed by atoms with Crippen LogP contribution in [-0.4, -0.2) is 4.98 Å². The summed E-state index contributed by atoms with van der Waals surface area (Å²) >= 11 is 0. The summed E-state index contributed by atoms with van der Waals surface area (Å²) in [5.74, 6) is 0.195. The first-order valence-electron chi connectivity index (χ1n) is 5.73. The maximum absolute atomic E-state index is 13.4. The zero-order valence-corrected chi connectivity index (χ0v) is 10.2. The lowest BCUT2D eigenvalue weighted by molar-refractivity contribution is 0.284. The Hall–Kier alpha value is -1.94. The van der Waals surface area contributed by atoms with Gasteiger partial charge in [0.1, 0.15) is 12.4 Å². The zero-order valence-electron chi connectivity index (χ0n) is 10.2. The Labute approximate surface area is 105 Å². The number of hydrogen-bond acceptors (Lipinski definition) is 3. The van der Waals surface area contributed by atoms with Crippen molar-refractivity contribution in [2.24, 2.45) is 5.73 Å². The molecule has 2 N–H and O–H groups in total. The second kappa shape index (κ2) is 5.60. The number of hydrogen-bond donors (Lipinski definition) is 1. The summed E-state index contributed by atoms with van der Waals surface area (Å²) in [5, 5.41) is 0. The largest absolute Gasteiger partial charge is 0.472 e. The fraction of sp³-hybridized carbons (Fsp3) is 0.214. The van der Waals surface area contributed by atoms with E-state index < -0.39 is 0 Å². The van der Waals surface area contributed by atoms with Crippen molar-refractivity contribution in [3.05, 3.63) is 59.0 Å². The summed E-state index contributed by atoms with van der Waals surface area (Å²) in [7, 11) is 0. The van der Waals surface area contributed by atoms with Crippen LogP contribution in [0.25, 0.3) is 0 Å². The van der Waals surface area contributed by atoms with Crippen LogP contribution in [0.5, 0.6) is 5.88 Å². The van der Waals surface area contributed by atoms with Crippen LogP contribution in [0.4, 0.5) is 4.39 Å². The molecule has 1 aromatic carbocycles. The number of aryl methyl sites for hydroxylation is 1. The molecule has 0 saturated carbocycles. The van der Waals surface area contributed by atoms with Gasteiger partial charge in [-0.1, -0.05) is 18.2 Å². The molecule has 2 rings (SSSR count). The average molecular weight is 246 g/mol. The van der Waals surface area contributed by atoms with E-state index in [2.05, 4.69) is 4.98 Å². The van der Waals surface area contributed by atoms with Gasteiger partial charge >= 0.3 is 0 Å². The molecule has 0 atom stereocenters. The van der Waals surface area contributed by atoms with E-state index in [1.54, 1.807) is 24.4 Å². The van der Waals surface area contributed by atoms with Crippen molar-refractivity contribution in [2.75, 3.05) is 0 Å². The van der Waals surface area contributed by atoms with Crippen molar-refractivity contribution >= 4 is 0 Å². The minimum absolute atomic E-state index is 0.149. The van der Waals surface area contributed by atoms with Crippen LogP contribution in [0.15, 0.2) is 36.5 Å². The van der Waals surface area contributed by atoms with Gasteiger partial charge < -0.3 is 10.5 Å². The highest BCUT2D eigenvalue weighted by atomic mass is 19.1. The molecule has 18 heavy (non-hydrogen) atoms. The Morgan fingerprint density at radius 3 is 2.78 bits per heavy atom. The van der Waals surface area contributed by atoms with Crippen LogP contribution in [0.3, 0.4) is 0 Å². The van der Waals surface area contributed by atoms with Crippen LogP contribution < -0.4 is 10.5 Å². The Morgan fingerprint density at radius 1 is 1.28 bits per heavy atom. The van der Waals surface area contributed by atoms with Gasteiger partial charge in [0.15, 0.2) is 0 Å². The van der Waals surface area contributed by atoms with Gasteiger partial charge in [-0.15, -0.1) is 0 Å². The molecule has 0 spiro atoms. The van der Waals surface area contributed by atoms with Crippen molar-refractivity contribution in [1.29, 1.82) is 0 Å². The average Bonchev–Trinajstić information content (AvgIpc) is 2.38. The highest BCUT2D eigenvalue weighted by molar-refractivity contribution is 5.33. The summed E-state index contributed by atoms with van der Waals surface area (Å²) in [6, 6.07) is 8.39. The van der Waals surface area contributed by atoms with Crippen molar-refractivity contribution in [3.8, 4) is 5.88 Å². The lowest BCUT2D eigenvalue weighted by Crippen LogP contribution is -2.07. The second-order valence-corrected chi connectivity index (χ2v) is 4.00. The highest BCUT2D eigenvalue weighted by Crippen LogP contribution is 2.19. The molecule has 0 aliphatic heterocycles. The fourth-order valence-electron chi connectivity index (χ4n) is 1.70. The number of rotatable bonds is 4. The summed E-state index contributed by atoms with van der Waals surface area (Å²) in [5.41, 5.74) is 8.04. The van der Waals surface area contributed by atoms with Gasteiger partial charge in [-0.3, -0.25) is 0 Å². The molecule has 0 unspecified atom stereocenters. The summed E-state index contributed by atoms with van der Waals surface area (Å²) in [4.78, 5) is 4.13. The quantitative estimate of drug-likeness (QED) is 0.902. The third kappa shape index (κ3) is 2.65. The molecule has 1 aromatic heterocycles. The third-order valence-electron chi connectivity index (χ3n) is 2.78. The van der Waals surface area contributed by atoms with Gasteiger partial charge in [0.25, 0.3) is 0 Å². The summed E-state index contributed by atoms with van der Waals surface area (Å²) in [6.45, 7) is 2.45. The molecule has 0 amide bonds. The first-order chi connectivity index (χ1) is 8.72. The normalized spacial score (nSPS) is 10.4. The van der Waals surface area contributed by atoms with E-state index in [1.807, 2.05) is 13.0 Å². The molecule has 4 heteroatoms. The molecule has 0 aliphatic rings. The Kier molecular flexibility index (Phi) is 3.89. The number of halogens is 1. The number of nitrogens with zero attached hydrogens (tertiary/aromatic N) is 1. The number of benzene rings is 1. The van der Waals surface area contributed by atoms with Gasteiger partial charge in [0, 0.05) is 23.9 Å². The van der Waals surface area contributed by atoms with Crippen LogP contribution >= 0.6 is 0 Å². The minimum Gasteiger partial charge on any atom is -0.472 e. The van der Waals surface area contributed by atoms with Gasteiger partial charge in [0.2, 0.25) is 5.88 Å². The first-order valence-corrected chi connectivity index (χ1v) is 5.73. The second-order valence-electron chi connectivity index (χ2n) is 4.00. The van der Waals surface area contributed by atoms with Crippen LogP contribution in [0.1, 0.15) is 16.7 Å². The summed E-state index contributed by atoms with van der Waals surface area (Å²) < 4.78 is 19.0. The Morgan fingerprint density at radius 2 is 2.06 bits per heavy atom.